The molecule has 2 aromatic rings. The van der Waals surface area contributed by atoms with Gasteiger partial charge in [-0.15, -0.1) is 0 Å². The van der Waals surface area contributed by atoms with Crippen LogP contribution in [0, 0.1) is 5.82 Å². The molecular weight excluding hydrogens is 287 g/mol. The predicted molar refractivity (Wildman–Crippen MR) is 86.6 cm³/mol. The molecule has 0 amide bonds. The van der Waals surface area contributed by atoms with Crippen LogP contribution in [0.4, 0.5) is 15.8 Å². The number of anilines is 2. The van der Waals surface area contributed by atoms with Crippen molar-refractivity contribution in [3.63, 3.8) is 0 Å². The van der Waals surface area contributed by atoms with Crippen LogP contribution < -0.4 is 10.2 Å². The maximum atomic E-state index is 13.3. The molecule has 4 heteroatoms. The first kappa shape index (κ1) is 14.2. The van der Waals surface area contributed by atoms with Crippen molar-refractivity contribution >= 4 is 23.0 Å². The second-order valence-electron chi connectivity index (χ2n) is 5.33. The van der Waals surface area contributed by atoms with Gasteiger partial charge in [-0.3, -0.25) is 0 Å². The Kier molecular flexibility index (Phi) is 4.30. The van der Waals surface area contributed by atoms with E-state index in [0.29, 0.717) is 17.3 Å². The molecule has 0 radical (unpaired) electrons. The van der Waals surface area contributed by atoms with Crippen LogP contribution >= 0.6 is 11.6 Å². The summed E-state index contributed by atoms with van der Waals surface area (Å²) in [5, 5.41) is 3.66. The van der Waals surface area contributed by atoms with E-state index < -0.39 is 0 Å². The fourth-order valence-electron chi connectivity index (χ4n) is 2.78. The second-order valence-corrected chi connectivity index (χ2v) is 5.77. The summed E-state index contributed by atoms with van der Waals surface area (Å²) in [5.74, 6) is -0.321. The minimum atomic E-state index is -0.321. The van der Waals surface area contributed by atoms with Gasteiger partial charge in [0.2, 0.25) is 0 Å². The summed E-state index contributed by atoms with van der Waals surface area (Å²) in [5.41, 5.74) is 3.20. The molecule has 1 fully saturated rings. The van der Waals surface area contributed by atoms with Gasteiger partial charge in [-0.2, -0.15) is 0 Å². The highest BCUT2D eigenvalue weighted by Crippen LogP contribution is 2.26. The Labute approximate surface area is 129 Å². The van der Waals surface area contributed by atoms with Crippen molar-refractivity contribution in [2.45, 2.75) is 19.4 Å². The van der Waals surface area contributed by atoms with Crippen LogP contribution in [0.15, 0.2) is 42.5 Å². The summed E-state index contributed by atoms with van der Waals surface area (Å²) in [6.07, 6.45) is 2.50. The lowest BCUT2D eigenvalue weighted by Gasteiger charge is -2.21. The predicted octanol–water partition coefficient (Wildman–Crippen LogP) is 4.69. The van der Waals surface area contributed by atoms with E-state index >= 15 is 0 Å². The minimum absolute atomic E-state index is 0.321. The van der Waals surface area contributed by atoms with Crippen LogP contribution in [0.2, 0.25) is 5.02 Å². The van der Waals surface area contributed by atoms with Gasteiger partial charge >= 0.3 is 0 Å². The zero-order valence-corrected chi connectivity index (χ0v) is 12.5. The molecule has 0 aliphatic carbocycles. The molecule has 1 saturated heterocycles. The molecule has 2 nitrogen and oxygen atoms in total. The third kappa shape index (κ3) is 3.48. The average Bonchev–Trinajstić information content (AvgIpc) is 2.98. The van der Waals surface area contributed by atoms with Gasteiger partial charge in [0.25, 0.3) is 0 Å². The molecule has 21 heavy (non-hydrogen) atoms. The molecular formula is C17H18ClFN2. The highest BCUT2D eigenvalue weighted by Gasteiger charge is 2.15. The quantitative estimate of drug-likeness (QED) is 0.881. The van der Waals surface area contributed by atoms with Gasteiger partial charge < -0.3 is 10.2 Å². The van der Waals surface area contributed by atoms with Crippen molar-refractivity contribution in [2.75, 3.05) is 23.3 Å². The molecule has 0 unspecified atom stereocenters. The standard InChI is InChI=1S/C17H18ClFN2/c18-14-9-15(19)11-16(10-14)20-12-13-5-1-2-6-17(13)21-7-3-4-8-21/h1-2,5-6,9-11,20H,3-4,7-8,12H2. The number of halogens is 2. The molecule has 2 aromatic carbocycles. The van der Waals surface area contributed by atoms with Crippen LogP contribution in [0.5, 0.6) is 0 Å². The van der Waals surface area contributed by atoms with Gasteiger partial charge in [0, 0.05) is 36.0 Å². The lowest BCUT2D eigenvalue weighted by Crippen LogP contribution is -2.19. The van der Waals surface area contributed by atoms with Gasteiger partial charge in [0.1, 0.15) is 5.82 Å². The van der Waals surface area contributed by atoms with Crippen LogP contribution in [0.25, 0.3) is 0 Å². The third-order valence-electron chi connectivity index (χ3n) is 3.78. The lowest BCUT2D eigenvalue weighted by molar-refractivity contribution is 0.628. The summed E-state index contributed by atoms with van der Waals surface area (Å²) in [4.78, 5) is 2.41. The number of nitrogens with one attached hydrogen (secondary N) is 1. The molecule has 0 aromatic heterocycles. The zero-order chi connectivity index (χ0) is 14.7. The lowest BCUT2D eigenvalue weighted by atomic mass is 10.1. The summed E-state index contributed by atoms with van der Waals surface area (Å²) >= 11 is 5.88. The third-order valence-corrected chi connectivity index (χ3v) is 4.00. The fraction of sp³-hybridized carbons (Fsp3) is 0.294. The van der Waals surface area contributed by atoms with E-state index in [9.17, 15) is 4.39 Å². The first-order valence-corrected chi connectivity index (χ1v) is 7.63. The van der Waals surface area contributed by atoms with Gasteiger partial charge in [-0.05, 0) is 42.7 Å². The zero-order valence-electron chi connectivity index (χ0n) is 11.8. The van der Waals surface area contributed by atoms with Crippen molar-refractivity contribution in [3.05, 3.63) is 58.9 Å². The van der Waals surface area contributed by atoms with E-state index in [1.54, 1.807) is 6.07 Å². The summed E-state index contributed by atoms with van der Waals surface area (Å²) < 4.78 is 13.3. The number of hydrogen-bond donors (Lipinski definition) is 1. The summed E-state index contributed by atoms with van der Waals surface area (Å²) in [7, 11) is 0. The van der Waals surface area contributed by atoms with Crippen molar-refractivity contribution in [1.29, 1.82) is 0 Å². The SMILES string of the molecule is Fc1cc(Cl)cc(NCc2ccccc2N2CCCC2)c1. The van der Waals surface area contributed by atoms with Crippen molar-refractivity contribution in [1.82, 2.24) is 0 Å². The summed E-state index contributed by atoms with van der Waals surface area (Å²) in [6.45, 7) is 2.89. The monoisotopic (exact) mass is 304 g/mol. The Morgan fingerprint density at radius 2 is 1.86 bits per heavy atom. The molecule has 0 saturated carbocycles. The average molecular weight is 305 g/mol. The van der Waals surface area contributed by atoms with Gasteiger partial charge in [-0.1, -0.05) is 29.8 Å². The van der Waals surface area contributed by atoms with Gasteiger partial charge in [-0.25, -0.2) is 4.39 Å². The molecule has 1 heterocycles. The second kappa shape index (κ2) is 6.35. The summed E-state index contributed by atoms with van der Waals surface area (Å²) in [6, 6.07) is 12.9. The molecule has 0 spiro atoms. The van der Waals surface area contributed by atoms with E-state index in [1.165, 1.54) is 36.2 Å². The molecule has 1 N–H and O–H groups in total. The maximum absolute atomic E-state index is 13.3. The Bertz CT molecular complexity index is 604. The van der Waals surface area contributed by atoms with Gasteiger partial charge in [0.15, 0.2) is 0 Å². The van der Waals surface area contributed by atoms with Crippen LogP contribution in [0.1, 0.15) is 18.4 Å². The number of hydrogen-bond acceptors (Lipinski definition) is 2. The topological polar surface area (TPSA) is 15.3 Å². The van der Waals surface area contributed by atoms with Crippen LogP contribution in [-0.4, -0.2) is 13.1 Å². The number of benzene rings is 2. The normalized spacial score (nSPS) is 14.5. The van der Waals surface area contributed by atoms with E-state index in [4.69, 9.17) is 11.6 Å². The first-order chi connectivity index (χ1) is 10.2. The first-order valence-electron chi connectivity index (χ1n) is 7.25. The molecule has 1 aliphatic heterocycles. The minimum Gasteiger partial charge on any atom is -0.381 e. The fourth-order valence-corrected chi connectivity index (χ4v) is 3.00. The number of para-hydroxylation sites is 1. The van der Waals surface area contributed by atoms with E-state index in [2.05, 4.69) is 28.4 Å². The smallest absolute Gasteiger partial charge is 0.126 e. The Balaban J connectivity index is 1.75. The molecule has 0 atom stereocenters. The van der Waals surface area contributed by atoms with Crippen LogP contribution in [0.3, 0.4) is 0 Å². The van der Waals surface area contributed by atoms with Crippen molar-refractivity contribution < 1.29 is 4.39 Å². The number of rotatable bonds is 4. The molecule has 1 aliphatic rings. The molecule has 110 valence electrons. The Morgan fingerprint density at radius 1 is 1.10 bits per heavy atom. The molecule has 3 rings (SSSR count). The Hall–Kier alpha value is -1.74. The Morgan fingerprint density at radius 3 is 2.62 bits per heavy atom. The van der Waals surface area contributed by atoms with E-state index in [1.807, 2.05) is 6.07 Å². The van der Waals surface area contributed by atoms with Crippen molar-refractivity contribution in [2.24, 2.45) is 0 Å². The highest BCUT2D eigenvalue weighted by atomic mass is 35.5. The van der Waals surface area contributed by atoms with Crippen LogP contribution in [-0.2, 0) is 6.54 Å². The highest BCUT2D eigenvalue weighted by molar-refractivity contribution is 6.30. The van der Waals surface area contributed by atoms with Crippen molar-refractivity contribution in [3.8, 4) is 0 Å². The molecule has 0 bridgehead atoms. The van der Waals surface area contributed by atoms with Gasteiger partial charge in [0.05, 0.1) is 0 Å². The number of nitrogens with zero attached hydrogens (tertiary/aromatic N) is 1. The largest absolute Gasteiger partial charge is 0.381 e. The van der Waals surface area contributed by atoms with E-state index in [0.717, 1.165) is 13.1 Å². The maximum Gasteiger partial charge on any atom is 0.126 e. The van der Waals surface area contributed by atoms with E-state index in [-0.39, 0.29) is 5.82 Å².